The van der Waals surface area contributed by atoms with E-state index in [0.29, 0.717) is 10.5 Å². The minimum absolute atomic E-state index is 0. The zero-order chi connectivity index (χ0) is 26.7. The molecule has 11 heteroatoms. The van der Waals surface area contributed by atoms with E-state index in [1.54, 1.807) is 19.1 Å². The largest absolute Gasteiger partial charge is 0.446 e. The van der Waals surface area contributed by atoms with Gasteiger partial charge in [0.1, 0.15) is 0 Å². The summed E-state index contributed by atoms with van der Waals surface area (Å²) in [4.78, 5) is 4.65. The van der Waals surface area contributed by atoms with Gasteiger partial charge in [0.15, 0.2) is 0 Å². The maximum atomic E-state index is 12.0. The Balaban J connectivity index is -0.000000259. The lowest BCUT2D eigenvalue weighted by Crippen LogP contribution is -2.37. The minimum Gasteiger partial charge on any atom is -0.412 e. The van der Waals surface area contributed by atoms with Gasteiger partial charge in [0, 0.05) is 33.5 Å². The predicted molar refractivity (Wildman–Crippen MR) is 162 cm³/mol. The van der Waals surface area contributed by atoms with E-state index in [2.05, 4.69) is 54.8 Å². The molecule has 3 rings (SSSR count). The average molecular weight is 604 g/mol. The van der Waals surface area contributed by atoms with Crippen molar-refractivity contribution < 1.29 is 34.3 Å². The zero-order valence-corrected chi connectivity index (χ0v) is 25.9. The molecule has 5 nitrogen and oxygen atoms in total. The number of aryl methyl sites for hydroxylation is 1. The molecule has 1 aliphatic rings. The molecule has 0 unspecified atom stereocenters. The first-order chi connectivity index (χ1) is 16.7. The van der Waals surface area contributed by atoms with Crippen molar-refractivity contribution in [3.63, 3.8) is 0 Å². The standard InChI is InChI=1S/C15H23NOS.C8H7F3S2.2C2H6.3H2O/c1-14(7-8-16-9-11-17-12-10-16)13-18-15-5-3-2-4-6-15;1-5-2-3-6(12)4-7(5)13-8(9,10)11;2*1-2;;;/h2-6,14H,7-13H2,1H3;2-4,12H,1H3;2*1-2H3;3*1H2/t14-;;;;;;/m0....../s1. The molecule has 1 saturated heterocycles. The normalized spacial score (nSPS) is 13.2. The number of morpholine rings is 1. The third-order valence-electron chi connectivity index (χ3n) is 4.72. The molecule has 0 aliphatic carbocycles. The van der Waals surface area contributed by atoms with Gasteiger partial charge in [0.05, 0.1) is 13.2 Å². The topological polar surface area (TPSA) is 107 Å². The number of thioether (sulfide) groups is 2. The highest BCUT2D eigenvalue weighted by atomic mass is 32.2. The Hall–Kier alpha value is -0.920. The quantitative estimate of drug-likeness (QED) is 0.284. The zero-order valence-electron chi connectivity index (χ0n) is 23.4. The van der Waals surface area contributed by atoms with Crippen molar-refractivity contribution in [2.24, 2.45) is 5.92 Å². The van der Waals surface area contributed by atoms with Gasteiger partial charge in [-0.3, -0.25) is 4.90 Å². The first-order valence-corrected chi connectivity index (χ1v) is 14.5. The molecule has 1 heterocycles. The van der Waals surface area contributed by atoms with E-state index in [1.165, 1.54) is 29.7 Å². The third kappa shape index (κ3) is 22.0. The second-order valence-corrected chi connectivity index (χ2v) is 10.2. The van der Waals surface area contributed by atoms with Crippen LogP contribution >= 0.6 is 36.2 Å². The number of hydrogen-bond donors (Lipinski definition) is 1. The van der Waals surface area contributed by atoms with Crippen LogP contribution in [0.4, 0.5) is 13.2 Å². The minimum atomic E-state index is -4.23. The van der Waals surface area contributed by atoms with Gasteiger partial charge in [-0.1, -0.05) is 58.9 Å². The molecule has 2 aromatic rings. The average Bonchev–Trinajstić information content (AvgIpc) is 2.87. The summed E-state index contributed by atoms with van der Waals surface area (Å²) in [6.45, 7) is 17.3. The van der Waals surface area contributed by atoms with E-state index < -0.39 is 5.51 Å². The molecule has 2 aromatic carbocycles. The van der Waals surface area contributed by atoms with Crippen LogP contribution in [0.5, 0.6) is 0 Å². The van der Waals surface area contributed by atoms with Crippen LogP contribution in [0, 0.1) is 12.8 Å². The Morgan fingerprint density at radius 1 is 0.947 bits per heavy atom. The highest BCUT2D eigenvalue weighted by Gasteiger charge is 2.29. The van der Waals surface area contributed by atoms with E-state index in [9.17, 15) is 13.2 Å². The SMILES string of the molecule is CC.CC.C[C@@H](CCN1CCOCC1)CSc1ccccc1.Cc1ccc(S)cc1SC(F)(F)F.O.O.O. The fourth-order valence-corrected chi connectivity index (χ4v) is 4.84. The monoisotopic (exact) mass is 603 g/mol. The molecular weight excluding hydrogens is 555 g/mol. The number of thiol groups is 1. The molecule has 6 N–H and O–H groups in total. The number of ether oxygens (including phenoxy) is 1. The van der Waals surface area contributed by atoms with E-state index >= 15 is 0 Å². The van der Waals surface area contributed by atoms with Crippen LogP contribution in [-0.2, 0) is 4.74 Å². The third-order valence-corrected chi connectivity index (χ3v) is 7.23. The summed E-state index contributed by atoms with van der Waals surface area (Å²) in [5.74, 6) is 1.99. The van der Waals surface area contributed by atoms with Crippen molar-refractivity contribution in [3.8, 4) is 0 Å². The molecule has 224 valence electrons. The number of rotatable bonds is 7. The van der Waals surface area contributed by atoms with E-state index in [1.807, 2.05) is 39.5 Å². The Morgan fingerprint density at radius 2 is 1.50 bits per heavy atom. The van der Waals surface area contributed by atoms with Crippen LogP contribution in [0.2, 0.25) is 0 Å². The van der Waals surface area contributed by atoms with Crippen molar-refractivity contribution in [3.05, 3.63) is 54.1 Å². The molecule has 0 aromatic heterocycles. The van der Waals surface area contributed by atoms with Crippen LogP contribution < -0.4 is 0 Å². The lowest BCUT2D eigenvalue weighted by molar-refractivity contribution is -0.0328. The van der Waals surface area contributed by atoms with Crippen LogP contribution in [0.15, 0.2) is 63.2 Å². The fraction of sp³-hybridized carbons (Fsp3) is 0.556. The Morgan fingerprint density at radius 3 is 2.03 bits per heavy atom. The maximum absolute atomic E-state index is 12.0. The number of nitrogens with zero attached hydrogens (tertiary/aromatic N) is 1. The number of halogens is 3. The van der Waals surface area contributed by atoms with E-state index in [0.717, 1.165) is 32.2 Å². The van der Waals surface area contributed by atoms with E-state index in [-0.39, 0.29) is 33.1 Å². The van der Waals surface area contributed by atoms with Gasteiger partial charge >= 0.3 is 5.51 Å². The van der Waals surface area contributed by atoms with Crippen molar-refractivity contribution in [1.29, 1.82) is 0 Å². The molecule has 1 fully saturated rings. The fourth-order valence-electron chi connectivity index (χ4n) is 2.89. The van der Waals surface area contributed by atoms with Crippen LogP contribution in [0.3, 0.4) is 0 Å². The summed E-state index contributed by atoms with van der Waals surface area (Å²) in [5, 5.41) is 0. The van der Waals surface area contributed by atoms with Gasteiger partial charge in [-0.25, -0.2) is 0 Å². The predicted octanol–water partition coefficient (Wildman–Crippen LogP) is 6.61. The lowest BCUT2D eigenvalue weighted by Gasteiger charge is -2.27. The van der Waals surface area contributed by atoms with Gasteiger partial charge in [0.25, 0.3) is 0 Å². The van der Waals surface area contributed by atoms with Gasteiger partial charge in [0.2, 0.25) is 0 Å². The van der Waals surface area contributed by atoms with Crippen LogP contribution in [0.1, 0.15) is 46.6 Å². The molecule has 38 heavy (non-hydrogen) atoms. The lowest BCUT2D eigenvalue weighted by atomic mass is 10.1. The highest BCUT2D eigenvalue weighted by Crippen LogP contribution is 2.39. The molecule has 0 radical (unpaired) electrons. The summed E-state index contributed by atoms with van der Waals surface area (Å²) < 4.78 is 41.3. The summed E-state index contributed by atoms with van der Waals surface area (Å²) in [5.41, 5.74) is -3.62. The second-order valence-electron chi connectivity index (χ2n) is 7.47. The molecular formula is C27H48F3NO4S3. The van der Waals surface area contributed by atoms with Gasteiger partial charge in [-0.05, 0) is 67.4 Å². The van der Waals surface area contributed by atoms with Gasteiger partial charge in [-0.15, -0.1) is 24.4 Å². The Labute approximate surface area is 241 Å². The highest BCUT2D eigenvalue weighted by molar-refractivity contribution is 8.00. The summed E-state index contributed by atoms with van der Waals surface area (Å²) >= 11 is 5.83. The second kappa shape index (κ2) is 26.3. The summed E-state index contributed by atoms with van der Waals surface area (Å²) in [6.07, 6.45) is 1.29. The van der Waals surface area contributed by atoms with Gasteiger partial charge < -0.3 is 21.2 Å². The molecule has 0 saturated carbocycles. The molecule has 0 bridgehead atoms. The van der Waals surface area contributed by atoms with Crippen molar-refractivity contribution >= 4 is 36.2 Å². The van der Waals surface area contributed by atoms with Crippen LogP contribution in [0.25, 0.3) is 0 Å². The number of hydrogen-bond acceptors (Lipinski definition) is 5. The van der Waals surface area contributed by atoms with Crippen molar-refractivity contribution in [1.82, 2.24) is 4.90 Å². The summed E-state index contributed by atoms with van der Waals surface area (Å²) in [6, 6.07) is 15.4. The van der Waals surface area contributed by atoms with Gasteiger partial charge in [-0.2, -0.15) is 13.2 Å². The first-order valence-electron chi connectivity index (χ1n) is 12.3. The molecule has 1 atom stereocenters. The first kappa shape index (κ1) is 44.1. The number of alkyl halides is 3. The number of benzene rings is 2. The Bertz CT molecular complexity index is 782. The maximum Gasteiger partial charge on any atom is 0.446 e. The smallest absolute Gasteiger partial charge is 0.412 e. The van der Waals surface area contributed by atoms with Crippen molar-refractivity contribution in [2.45, 2.75) is 68.2 Å². The van der Waals surface area contributed by atoms with Crippen LogP contribution in [-0.4, -0.2) is 65.4 Å². The molecule has 1 aliphatic heterocycles. The molecule has 0 spiro atoms. The van der Waals surface area contributed by atoms with Crippen molar-refractivity contribution in [2.75, 3.05) is 38.6 Å². The Kier molecular flexibility index (Phi) is 30.5. The summed E-state index contributed by atoms with van der Waals surface area (Å²) in [7, 11) is 0. The van der Waals surface area contributed by atoms with E-state index in [4.69, 9.17) is 4.74 Å². The molecule has 0 amide bonds.